The van der Waals surface area contributed by atoms with Crippen molar-refractivity contribution in [3.05, 3.63) is 11.9 Å². The number of Topliss-reactive ketones (excluding diaryl/α,β-unsaturated/α-hetero) is 1. The molecule has 0 fully saturated rings. The van der Waals surface area contributed by atoms with Crippen LogP contribution in [-0.2, 0) is 4.74 Å². The van der Waals surface area contributed by atoms with Crippen LogP contribution in [0.2, 0.25) is 0 Å². The second kappa shape index (κ2) is 4.13. The van der Waals surface area contributed by atoms with Crippen LogP contribution in [0.15, 0.2) is 6.20 Å². The third-order valence-corrected chi connectivity index (χ3v) is 1.63. The Morgan fingerprint density at radius 2 is 2.38 bits per heavy atom. The minimum Gasteiger partial charge on any atom is -0.376 e. The number of ether oxygens (including phenoxy) is 1. The monoisotopic (exact) mass is 183 g/mol. The maximum Gasteiger partial charge on any atom is 0.208 e. The summed E-state index contributed by atoms with van der Waals surface area (Å²) < 4.78 is 6.33. The highest BCUT2D eigenvalue weighted by molar-refractivity contribution is 5.95. The van der Waals surface area contributed by atoms with Crippen molar-refractivity contribution < 1.29 is 9.53 Å². The van der Waals surface area contributed by atoms with Gasteiger partial charge in [0, 0.05) is 13.2 Å². The first kappa shape index (κ1) is 9.85. The molecule has 1 heterocycles. The van der Waals surface area contributed by atoms with Gasteiger partial charge in [0.25, 0.3) is 0 Å². The number of methoxy groups -OCH3 is 1. The smallest absolute Gasteiger partial charge is 0.208 e. The van der Waals surface area contributed by atoms with Crippen LogP contribution in [0.1, 0.15) is 30.4 Å². The van der Waals surface area contributed by atoms with Crippen LogP contribution in [0.4, 0.5) is 0 Å². The average molecular weight is 183 g/mol. The number of hydrogen-bond donors (Lipinski definition) is 0. The molecule has 72 valence electrons. The average Bonchev–Trinajstić information content (AvgIpc) is 2.52. The fourth-order valence-electron chi connectivity index (χ4n) is 1.03. The molecule has 0 radical (unpaired) electrons. The van der Waals surface area contributed by atoms with Gasteiger partial charge in [-0.3, -0.25) is 4.79 Å². The van der Waals surface area contributed by atoms with Crippen LogP contribution in [0.5, 0.6) is 0 Å². The molecule has 0 unspecified atom stereocenters. The zero-order chi connectivity index (χ0) is 9.84. The minimum absolute atomic E-state index is 0.0695. The molecule has 1 aromatic heterocycles. The number of hydrogen-bond acceptors (Lipinski definition) is 4. The second-order valence-electron chi connectivity index (χ2n) is 3.01. The van der Waals surface area contributed by atoms with Gasteiger partial charge in [0.05, 0.1) is 6.20 Å². The molecule has 0 N–H and O–H groups in total. The normalized spacial score (nSPS) is 10.8. The molecule has 5 nitrogen and oxygen atoms in total. The fraction of sp³-hybridized carbons (Fsp3) is 0.625. The number of nitrogens with zero attached hydrogens (tertiary/aromatic N) is 3. The minimum atomic E-state index is -0.0961. The van der Waals surface area contributed by atoms with Crippen molar-refractivity contribution in [2.45, 2.75) is 19.9 Å². The van der Waals surface area contributed by atoms with Gasteiger partial charge in [0.2, 0.25) is 5.78 Å². The molecule has 1 rings (SSSR count). The summed E-state index contributed by atoms with van der Waals surface area (Å²) in [5.41, 5.74) is 0.497. The van der Waals surface area contributed by atoms with E-state index >= 15 is 0 Å². The SMILES string of the molecule is COCC(=O)c1cnnn1C(C)C. The summed E-state index contributed by atoms with van der Waals surface area (Å²) in [7, 11) is 1.49. The first-order chi connectivity index (χ1) is 6.16. The molecule has 5 heteroatoms. The number of ketones is 1. The van der Waals surface area contributed by atoms with Gasteiger partial charge >= 0.3 is 0 Å². The van der Waals surface area contributed by atoms with Crippen molar-refractivity contribution >= 4 is 5.78 Å². The summed E-state index contributed by atoms with van der Waals surface area (Å²) in [4.78, 5) is 11.4. The number of rotatable bonds is 4. The standard InChI is InChI=1S/C8H13N3O2/c1-6(2)11-7(4-9-10-11)8(12)5-13-3/h4,6H,5H2,1-3H3. The molecule has 0 aliphatic carbocycles. The van der Waals surface area contributed by atoms with Gasteiger partial charge in [-0.1, -0.05) is 5.21 Å². The summed E-state index contributed by atoms with van der Waals surface area (Å²) in [5.74, 6) is -0.0961. The maximum atomic E-state index is 11.4. The van der Waals surface area contributed by atoms with Crippen molar-refractivity contribution in [1.82, 2.24) is 15.0 Å². The molecule has 13 heavy (non-hydrogen) atoms. The van der Waals surface area contributed by atoms with E-state index in [2.05, 4.69) is 10.3 Å². The number of carbonyl (C=O) groups excluding carboxylic acids is 1. The molecule has 0 amide bonds. The van der Waals surface area contributed by atoms with Gasteiger partial charge < -0.3 is 4.74 Å². The molecular formula is C8H13N3O2. The predicted molar refractivity (Wildman–Crippen MR) is 46.6 cm³/mol. The highest BCUT2D eigenvalue weighted by Gasteiger charge is 2.14. The van der Waals surface area contributed by atoms with Gasteiger partial charge in [-0.05, 0) is 13.8 Å². The van der Waals surface area contributed by atoms with Crippen LogP contribution in [0.25, 0.3) is 0 Å². The lowest BCUT2D eigenvalue weighted by atomic mass is 10.3. The molecular weight excluding hydrogens is 170 g/mol. The van der Waals surface area contributed by atoms with E-state index in [0.29, 0.717) is 5.69 Å². The zero-order valence-corrected chi connectivity index (χ0v) is 8.02. The Morgan fingerprint density at radius 3 is 2.92 bits per heavy atom. The quantitative estimate of drug-likeness (QED) is 0.644. The van der Waals surface area contributed by atoms with E-state index in [1.807, 2.05) is 13.8 Å². The highest BCUT2D eigenvalue weighted by atomic mass is 16.5. The van der Waals surface area contributed by atoms with Crippen LogP contribution in [0, 0.1) is 0 Å². The summed E-state index contributed by atoms with van der Waals surface area (Å²) in [6.45, 7) is 3.95. The van der Waals surface area contributed by atoms with Crippen LogP contribution >= 0.6 is 0 Å². The summed E-state index contributed by atoms with van der Waals surface area (Å²) in [6, 6.07) is 0.137. The van der Waals surface area contributed by atoms with Crippen molar-refractivity contribution in [2.75, 3.05) is 13.7 Å². The second-order valence-corrected chi connectivity index (χ2v) is 3.01. The van der Waals surface area contributed by atoms with E-state index in [9.17, 15) is 4.79 Å². The summed E-state index contributed by atoms with van der Waals surface area (Å²) >= 11 is 0. The molecule has 0 spiro atoms. The Labute approximate surface area is 76.7 Å². The number of aromatic nitrogens is 3. The molecule has 0 saturated carbocycles. The predicted octanol–water partition coefficient (Wildman–Crippen LogP) is 0.688. The Kier molecular flexibility index (Phi) is 3.13. The lowest BCUT2D eigenvalue weighted by molar-refractivity contribution is 0.0835. The van der Waals surface area contributed by atoms with Crippen molar-refractivity contribution in [2.24, 2.45) is 0 Å². The first-order valence-electron chi connectivity index (χ1n) is 4.09. The van der Waals surface area contributed by atoms with Gasteiger partial charge in [-0.15, -0.1) is 5.10 Å². The summed E-state index contributed by atoms with van der Waals surface area (Å²) in [5, 5.41) is 7.49. The van der Waals surface area contributed by atoms with Crippen molar-refractivity contribution in [3.8, 4) is 0 Å². The molecule has 0 aliphatic rings. The molecule has 0 aromatic carbocycles. The van der Waals surface area contributed by atoms with Crippen molar-refractivity contribution in [3.63, 3.8) is 0 Å². The van der Waals surface area contributed by atoms with E-state index in [1.165, 1.54) is 13.3 Å². The van der Waals surface area contributed by atoms with Crippen LogP contribution in [-0.4, -0.2) is 34.5 Å². The van der Waals surface area contributed by atoms with Crippen molar-refractivity contribution in [1.29, 1.82) is 0 Å². The first-order valence-corrected chi connectivity index (χ1v) is 4.09. The molecule has 0 saturated heterocycles. The lowest BCUT2D eigenvalue weighted by Gasteiger charge is -2.07. The lowest BCUT2D eigenvalue weighted by Crippen LogP contribution is -2.15. The van der Waals surface area contributed by atoms with E-state index in [0.717, 1.165) is 0 Å². The van der Waals surface area contributed by atoms with Gasteiger partial charge in [-0.25, -0.2) is 4.68 Å². The van der Waals surface area contributed by atoms with E-state index < -0.39 is 0 Å². The van der Waals surface area contributed by atoms with Gasteiger partial charge in [0.15, 0.2) is 0 Å². The van der Waals surface area contributed by atoms with Gasteiger partial charge in [-0.2, -0.15) is 0 Å². The molecule has 0 bridgehead atoms. The van der Waals surface area contributed by atoms with Crippen LogP contribution in [0.3, 0.4) is 0 Å². The van der Waals surface area contributed by atoms with Crippen LogP contribution < -0.4 is 0 Å². The third-order valence-electron chi connectivity index (χ3n) is 1.63. The summed E-state index contributed by atoms with van der Waals surface area (Å²) in [6.07, 6.45) is 1.46. The maximum absolute atomic E-state index is 11.4. The van der Waals surface area contributed by atoms with E-state index in [1.54, 1.807) is 4.68 Å². The fourth-order valence-corrected chi connectivity index (χ4v) is 1.03. The highest BCUT2D eigenvalue weighted by Crippen LogP contribution is 2.06. The Bertz CT molecular complexity index is 293. The topological polar surface area (TPSA) is 57.0 Å². The third kappa shape index (κ3) is 2.12. The molecule has 1 aromatic rings. The Hall–Kier alpha value is -1.23. The van der Waals surface area contributed by atoms with E-state index in [4.69, 9.17) is 4.74 Å². The Morgan fingerprint density at radius 1 is 1.69 bits per heavy atom. The molecule has 0 atom stereocenters. The zero-order valence-electron chi connectivity index (χ0n) is 8.02. The largest absolute Gasteiger partial charge is 0.376 e. The molecule has 0 aliphatic heterocycles. The van der Waals surface area contributed by atoms with Gasteiger partial charge in [0.1, 0.15) is 12.3 Å². The van der Waals surface area contributed by atoms with E-state index in [-0.39, 0.29) is 18.4 Å². The Balaban J connectivity index is 2.87. The number of carbonyl (C=O) groups is 1.